The standard InChI is InChI=1S/C13H25N5O/c1-10(14)5-7-16-13-9-12(17-11(2)18-13)15-6-4-8-19-3/h9-10H,4-8,14H2,1-3H3,(H2,15,16,17,18). The van der Waals surface area contributed by atoms with Gasteiger partial charge in [0.1, 0.15) is 17.5 Å². The normalized spacial score (nSPS) is 12.2. The molecule has 1 aromatic heterocycles. The number of nitrogens with zero attached hydrogens (tertiary/aromatic N) is 2. The van der Waals surface area contributed by atoms with Gasteiger partial charge in [-0.3, -0.25) is 0 Å². The molecule has 0 saturated heterocycles. The Morgan fingerprint density at radius 2 is 1.89 bits per heavy atom. The van der Waals surface area contributed by atoms with Gasteiger partial charge in [0, 0.05) is 38.9 Å². The fourth-order valence-electron chi connectivity index (χ4n) is 1.61. The molecule has 0 bridgehead atoms. The number of ether oxygens (including phenoxy) is 1. The zero-order chi connectivity index (χ0) is 14.1. The number of anilines is 2. The second-order valence-corrected chi connectivity index (χ2v) is 4.65. The number of aromatic nitrogens is 2. The number of hydrogen-bond acceptors (Lipinski definition) is 6. The summed E-state index contributed by atoms with van der Waals surface area (Å²) in [5.74, 6) is 2.43. The summed E-state index contributed by atoms with van der Waals surface area (Å²) >= 11 is 0. The van der Waals surface area contributed by atoms with E-state index in [4.69, 9.17) is 10.5 Å². The van der Waals surface area contributed by atoms with Crippen molar-refractivity contribution in [3.05, 3.63) is 11.9 Å². The summed E-state index contributed by atoms with van der Waals surface area (Å²) in [5.41, 5.74) is 5.71. The summed E-state index contributed by atoms with van der Waals surface area (Å²) in [7, 11) is 1.70. The van der Waals surface area contributed by atoms with Crippen LogP contribution in [0.25, 0.3) is 0 Å². The fourth-order valence-corrected chi connectivity index (χ4v) is 1.61. The number of nitrogens with two attached hydrogens (primary N) is 1. The van der Waals surface area contributed by atoms with E-state index in [9.17, 15) is 0 Å². The smallest absolute Gasteiger partial charge is 0.131 e. The van der Waals surface area contributed by atoms with E-state index < -0.39 is 0 Å². The molecular formula is C13H25N5O. The highest BCUT2D eigenvalue weighted by Crippen LogP contribution is 2.11. The van der Waals surface area contributed by atoms with Gasteiger partial charge in [-0.1, -0.05) is 0 Å². The third-order valence-electron chi connectivity index (χ3n) is 2.58. The maximum atomic E-state index is 5.71. The molecule has 1 aromatic rings. The first-order chi connectivity index (χ1) is 9.11. The molecule has 108 valence electrons. The Balaban J connectivity index is 2.46. The van der Waals surface area contributed by atoms with Crippen LogP contribution in [0.15, 0.2) is 6.07 Å². The summed E-state index contributed by atoms with van der Waals surface area (Å²) in [4.78, 5) is 8.69. The van der Waals surface area contributed by atoms with Crippen molar-refractivity contribution in [3.63, 3.8) is 0 Å². The zero-order valence-corrected chi connectivity index (χ0v) is 12.1. The molecule has 0 aliphatic heterocycles. The Morgan fingerprint density at radius 1 is 1.26 bits per heavy atom. The predicted molar refractivity (Wildman–Crippen MR) is 78.5 cm³/mol. The van der Waals surface area contributed by atoms with Crippen LogP contribution in [0.2, 0.25) is 0 Å². The summed E-state index contributed by atoms with van der Waals surface area (Å²) in [6, 6.07) is 2.11. The van der Waals surface area contributed by atoms with E-state index in [0.717, 1.165) is 50.0 Å². The lowest BCUT2D eigenvalue weighted by Crippen LogP contribution is -2.19. The first-order valence-electron chi connectivity index (χ1n) is 6.69. The van der Waals surface area contributed by atoms with Gasteiger partial charge in [0.2, 0.25) is 0 Å². The van der Waals surface area contributed by atoms with E-state index in [1.54, 1.807) is 7.11 Å². The van der Waals surface area contributed by atoms with Crippen molar-refractivity contribution in [2.75, 3.05) is 37.4 Å². The Hall–Kier alpha value is -1.40. The molecule has 0 aromatic carbocycles. The van der Waals surface area contributed by atoms with Gasteiger partial charge < -0.3 is 21.1 Å². The third kappa shape index (κ3) is 6.93. The second kappa shape index (κ2) is 8.66. The van der Waals surface area contributed by atoms with Gasteiger partial charge in [0.25, 0.3) is 0 Å². The van der Waals surface area contributed by atoms with Crippen LogP contribution in [0.3, 0.4) is 0 Å². The minimum Gasteiger partial charge on any atom is -0.385 e. The van der Waals surface area contributed by atoms with Crippen molar-refractivity contribution < 1.29 is 4.74 Å². The van der Waals surface area contributed by atoms with Crippen molar-refractivity contribution in [1.29, 1.82) is 0 Å². The van der Waals surface area contributed by atoms with Crippen LogP contribution in [0.4, 0.5) is 11.6 Å². The minimum absolute atomic E-state index is 0.196. The molecule has 0 fully saturated rings. The highest BCUT2D eigenvalue weighted by atomic mass is 16.5. The highest BCUT2D eigenvalue weighted by Gasteiger charge is 2.02. The Kier molecular flexibility index (Phi) is 7.14. The van der Waals surface area contributed by atoms with Gasteiger partial charge in [0.05, 0.1) is 0 Å². The SMILES string of the molecule is COCCCNc1cc(NCCC(C)N)nc(C)n1. The van der Waals surface area contributed by atoms with E-state index in [2.05, 4.69) is 20.6 Å². The highest BCUT2D eigenvalue weighted by molar-refractivity contribution is 5.47. The molecule has 6 heteroatoms. The van der Waals surface area contributed by atoms with Crippen molar-refractivity contribution in [3.8, 4) is 0 Å². The number of hydrogen-bond donors (Lipinski definition) is 3. The number of methoxy groups -OCH3 is 1. The van der Waals surface area contributed by atoms with Gasteiger partial charge in [-0.2, -0.15) is 0 Å². The first kappa shape index (κ1) is 15.7. The zero-order valence-electron chi connectivity index (χ0n) is 12.1. The molecule has 19 heavy (non-hydrogen) atoms. The number of aryl methyl sites for hydroxylation is 1. The van der Waals surface area contributed by atoms with Gasteiger partial charge in [-0.25, -0.2) is 9.97 Å². The van der Waals surface area contributed by atoms with Gasteiger partial charge >= 0.3 is 0 Å². The lowest BCUT2D eigenvalue weighted by atomic mass is 10.2. The molecule has 1 rings (SSSR count). The quantitative estimate of drug-likeness (QED) is 0.586. The summed E-state index contributed by atoms with van der Waals surface area (Å²) in [6.07, 6.45) is 1.87. The molecule has 1 unspecified atom stereocenters. The summed E-state index contributed by atoms with van der Waals surface area (Å²) in [6.45, 7) is 6.28. The Morgan fingerprint density at radius 3 is 2.47 bits per heavy atom. The molecule has 0 saturated carbocycles. The van der Waals surface area contributed by atoms with E-state index in [1.165, 1.54) is 0 Å². The second-order valence-electron chi connectivity index (χ2n) is 4.65. The third-order valence-corrected chi connectivity index (χ3v) is 2.58. The topological polar surface area (TPSA) is 85.1 Å². The molecular weight excluding hydrogens is 242 g/mol. The van der Waals surface area contributed by atoms with Crippen LogP contribution in [-0.2, 0) is 4.74 Å². The van der Waals surface area contributed by atoms with Crippen LogP contribution in [0.1, 0.15) is 25.6 Å². The van der Waals surface area contributed by atoms with Gasteiger partial charge in [-0.05, 0) is 26.7 Å². The molecule has 0 spiro atoms. The average molecular weight is 267 g/mol. The first-order valence-corrected chi connectivity index (χ1v) is 6.69. The molecule has 1 atom stereocenters. The van der Waals surface area contributed by atoms with E-state index in [0.29, 0.717) is 0 Å². The van der Waals surface area contributed by atoms with E-state index in [-0.39, 0.29) is 6.04 Å². The minimum atomic E-state index is 0.196. The van der Waals surface area contributed by atoms with Gasteiger partial charge in [0.15, 0.2) is 0 Å². The van der Waals surface area contributed by atoms with Crippen LogP contribution < -0.4 is 16.4 Å². The van der Waals surface area contributed by atoms with Crippen LogP contribution in [0.5, 0.6) is 0 Å². The molecule has 0 radical (unpaired) electrons. The average Bonchev–Trinajstić information content (AvgIpc) is 2.34. The Bertz CT molecular complexity index is 370. The molecule has 0 aliphatic rings. The lowest BCUT2D eigenvalue weighted by Gasteiger charge is -2.11. The Labute approximate surface area is 115 Å². The maximum Gasteiger partial charge on any atom is 0.131 e. The number of rotatable bonds is 9. The summed E-state index contributed by atoms with van der Waals surface area (Å²) < 4.78 is 5.01. The van der Waals surface area contributed by atoms with Crippen molar-refractivity contribution in [2.45, 2.75) is 32.7 Å². The summed E-state index contributed by atoms with van der Waals surface area (Å²) in [5, 5.41) is 6.53. The van der Waals surface area contributed by atoms with Crippen LogP contribution in [-0.4, -0.2) is 42.8 Å². The largest absolute Gasteiger partial charge is 0.385 e. The van der Waals surface area contributed by atoms with E-state index in [1.807, 2.05) is 19.9 Å². The van der Waals surface area contributed by atoms with Crippen molar-refractivity contribution in [1.82, 2.24) is 9.97 Å². The molecule has 1 heterocycles. The lowest BCUT2D eigenvalue weighted by molar-refractivity contribution is 0.198. The predicted octanol–water partition coefficient (Wildman–Crippen LogP) is 1.38. The maximum absolute atomic E-state index is 5.71. The van der Waals surface area contributed by atoms with Crippen LogP contribution >= 0.6 is 0 Å². The number of nitrogens with one attached hydrogen (secondary N) is 2. The monoisotopic (exact) mass is 267 g/mol. The molecule has 0 amide bonds. The van der Waals surface area contributed by atoms with Crippen molar-refractivity contribution >= 4 is 11.6 Å². The fraction of sp³-hybridized carbons (Fsp3) is 0.692. The van der Waals surface area contributed by atoms with Crippen LogP contribution in [0, 0.1) is 6.92 Å². The van der Waals surface area contributed by atoms with Gasteiger partial charge in [-0.15, -0.1) is 0 Å². The molecule has 6 nitrogen and oxygen atoms in total. The molecule has 0 aliphatic carbocycles. The van der Waals surface area contributed by atoms with Crippen molar-refractivity contribution in [2.24, 2.45) is 5.73 Å². The van der Waals surface area contributed by atoms with E-state index >= 15 is 0 Å². The molecule has 4 N–H and O–H groups in total.